The van der Waals surface area contributed by atoms with Crippen molar-refractivity contribution in [3.8, 4) is 5.75 Å². The van der Waals surface area contributed by atoms with E-state index in [1.807, 2.05) is 87.6 Å². The molecule has 1 atom stereocenters. The summed E-state index contributed by atoms with van der Waals surface area (Å²) in [7, 11) is 0. The molecule has 7 nitrogen and oxygen atoms in total. The number of benzene rings is 2. The average Bonchev–Trinajstić information content (AvgIpc) is 2.94. The number of hydrogen-bond donors (Lipinski definition) is 0. The van der Waals surface area contributed by atoms with Crippen LogP contribution in [-0.2, 0) is 22.7 Å². The zero-order valence-corrected chi connectivity index (χ0v) is 24.4. The van der Waals surface area contributed by atoms with Crippen LogP contribution in [-0.4, -0.2) is 40.1 Å². The van der Waals surface area contributed by atoms with E-state index in [9.17, 15) is 9.59 Å². The standard InChI is InChI=1S/C34H41N3O4/c1-34(2,3)41-33(39)36-20-19-31(36)32(38)37(23-28-18-17-27(22-35-28)26-13-8-5-9-14-26)29-15-10-16-30(21-29)40-24-25-11-6-4-7-12-25/h4,6-7,10-12,15-18,21-22,26,31H,5,8-9,13-14,19-20,23-24H2,1-3H3/t31-/m1/s1. The molecule has 2 aromatic carbocycles. The number of anilines is 1. The number of likely N-dealkylation sites (tertiary alicyclic amines) is 1. The van der Waals surface area contributed by atoms with Crippen LogP contribution in [0.15, 0.2) is 72.9 Å². The lowest BCUT2D eigenvalue weighted by atomic mass is 9.85. The lowest BCUT2D eigenvalue weighted by Crippen LogP contribution is -2.59. The highest BCUT2D eigenvalue weighted by molar-refractivity contribution is 5.99. The van der Waals surface area contributed by atoms with Gasteiger partial charge in [-0.2, -0.15) is 0 Å². The Kier molecular flexibility index (Phi) is 8.91. The van der Waals surface area contributed by atoms with Crippen LogP contribution in [0.2, 0.25) is 0 Å². The highest BCUT2D eigenvalue weighted by atomic mass is 16.6. The predicted molar refractivity (Wildman–Crippen MR) is 160 cm³/mol. The minimum atomic E-state index is -0.631. The van der Waals surface area contributed by atoms with Crippen LogP contribution < -0.4 is 9.64 Å². The number of carbonyl (C=O) groups excluding carboxylic acids is 2. The second-order valence-corrected chi connectivity index (χ2v) is 12.1. The molecule has 1 aromatic heterocycles. The largest absolute Gasteiger partial charge is 0.489 e. The minimum absolute atomic E-state index is 0.152. The molecular formula is C34H41N3O4. The van der Waals surface area contributed by atoms with E-state index in [4.69, 9.17) is 14.5 Å². The van der Waals surface area contributed by atoms with Gasteiger partial charge in [-0.05, 0) is 75.3 Å². The predicted octanol–water partition coefficient (Wildman–Crippen LogP) is 7.25. The third-order valence-electron chi connectivity index (χ3n) is 7.82. The fourth-order valence-electron chi connectivity index (χ4n) is 5.51. The van der Waals surface area contributed by atoms with E-state index < -0.39 is 17.7 Å². The molecule has 0 unspecified atom stereocenters. The van der Waals surface area contributed by atoms with Crippen molar-refractivity contribution >= 4 is 17.7 Å². The van der Waals surface area contributed by atoms with Crippen LogP contribution in [0.5, 0.6) is 5.75 Å². The summed E-state index contributed by atoms with van der Waals surface area (Å²) in [6.45, 7) is 6.71. The molecule has 41 heavy (non-hydrogen) atoms. The molecule has 0 spiro atoms. The van der Waals surface area contributed by atoms with Gasteiger partial charge in [0.1, 0.15) is 24.0 Å². The van der Waals surface area contributed by atoms with Gasteiger partial charge in [0, 0.05) is 24.5 Å². The molecule has 0 bridgehead atoms. The molecule has 1 aliphatic carbocycles. The molecule has 2 fully saturated rings. The van der Waals surface area contributed by atoms with Gasteiger partial charge in [0.2, 0.25) is 5.91 Å². The maximum absolute atomic E-state index is 14.0. The SMILES string of the molecule is CC(C)(C)OC(=O)N1CC[C@@H]1C(=O)N(Cc1ccc(C2CCCCC2)cn1)c1cccc(OCc2ccccc2)c1. The third-order valence-corrected chi connectivity index (χ3v) is 7.82. The van der Waals surface area contributed by atoms with Gasteiger partial charge in [0.25, 0.3) is 0 Å². The molecule has 0 N–H and O–H groups in total. The normalized spacial score (nSPS) is 17.4. The molecule has 2 amide bonds. The van der Waals surface area contributed by atoms with Crippen LogP contribution >= 0.6 is 0 Å². The van der Waals surface area contributed by atoms with E-state index in [2.05, 4.69) is 6.07 Å². The summed E-state index contributed by atoms with van der Waals surface area (Å²) in [5, 5.41) is 0. The maximum atomic E-state index is 14.0. The molecule has 2 aliphatic rings. The molecule has 3 aromatic rings. The van der Waals surface area contributed by atoms with Crippen molar-refractivity contribution in [1.29, 1.82) is 0 Å². The van der Waals surface area contributed by atoms with Gasteiger partial charge in [0.05, 0.1) is 12.2 Å². The second-order valence-electron chi connectivity index (χ2n) is 12.1. The first-order valence-corrected chi connectivity index (χ1v) is 14.8. The molecule has 7 heteroatoms. The van der Waals surface area contributed by atoms with Crippen LogP contribution in [0, 0.1) is 0 Å². The van der Waals surface area contributed by atoms with Gasteiger partial charge in [-0.3, -0.25) is 14.7 Å². The fourth-order valence-corrected chi connectivity index (χ4v) is 5.51. The van der Waals surface area contributed by atoms with Gasteiger partial charge in [-0.1, -0.05) is 61.7 Å². The van der Waals surface area contributed by atoms with Crippen molar-refractivity contribution < 1.29 is 19.1 Å². The Balaban J connectivity index is 1.36. The molecular weight excluding hydrogens is 514 g/mol. The average molecular weight is 556 g/mol. The first-order valence-electron chi connectivity index (χ1n) is 14.8. The van der Waals surface area contributed by atoms with Gasteiger partial charge in [-0.25, -0.2) is 4.79 Å². The Hall–Kier alpha value is -3.87. The number of amides is 2. The van der Waals surface area contributed by atoms with E-state index >= 15 is 0 Å². The summed E-state index contributed by atoms with van der Waals surface area (Å²) >= 11 is 0. The smallest absolute Gasteiger partial charge is 0.410 e. The van der Waals surface area contributed by atoms with Gasteiger partial charge in [0.15, 0.2) is 0 Å². The molecule has 1 saturated heterocycles. The van der Waals surface area contributed by atoms with Crippen molar-refractivity contribution in [3.63, 3.8) is 0 Å². The maximum Gasteiger partial charge on any atom is 0.410 e. The molecule has 0 radical (unpaired) electrons. The van der Waals surface area contributed by atoms with Crippen molar-refractivity contribution in [1.82, 2.24) is 9.88 Å². The Morgan fingerprint density at radius 2 is 1.73 bits per heavy atom. The lowest BCUT2D eigenvalue weighted by molar-refractivity contribution is -0.128. The van der Waals surface area contributed by atoms with Crippen LogP contribution in [0.3, 0.4) is 0 Å². The number of carbonyl (C=O) groups is 2. The zero-order chi connectivity index (χ0) is 28.8. The minimum Gasteiger partial charge on any atom is -0.489 e. The van der Waals surface area contributed by atoms with Crippen molar-refractivity contribution in [2.45, 2.75) is 90.0 Å². The van der Waals surface area contributed by atoms with Crippen LogP contribution in [0.1, 0.15) is 82.0 Å². The Labute approximate surface area is 243 Å². The molecule has 2 heterocycles. The first-order chi connectivity index (χ1) is 19.8. The van der Waals surface area contributed by atoms with Crippen molar-refractivity contribution in [2.75, 3.05) is 11.4 Å². The molecule has 216 valence electrons. The first kappa shape index (κ1) is 28.7. The number of hydrogen-bond acceptors (Lipinski definition) is 5. The van der Waals surface area contributed by atoms with Gasteiger partial charge >= 0.3 is 6.09 Å². The van der Waals surface area contributed by atoms with Gasteiger partial charge < -0.3 is 14.4 Å². The molecule has 5 rings (SSSR count). The summed E-state index contributed by atoms with van der Waals surface area (Å²) in [6.07, 6.45) is 8.38. The highest BCUT2D eigenvalue weighted by Crippen LogP contribution is 2.33. The number of ether oxygens (including phenoxy) is 2. The second kappa shape index (κ2) is 12.8. The summed E-state index contributed by atoms with van der Waals surface area (Å²) in [6, 6.07) is 21.2. The zero-order valence-electron chi connectivity index (χ0n) is 24.4. The number of pyridine rings is 1. The van der Waals surface area contributed by atoms with Crippen molar-refractivity contribution in [3.05, 3.63) is 89.7 Å². The third kappa shape index (κ3) is 7.46. The Bertz CT molecular complexity index is 1310. The van der Waals surface area contributed by atoms with E-state index in [-0.39, 0.29) is 5.91 Å². The molecule has 1 saturated carbocycles. The van der Waals surface area contributed by atoms with Crippen LogP contribution in [0.4, 0.5) is 10.5 Å². The summed E-state index contributed by atoms with van der Waals surface area (Å²) in [5.74, 6) is 1.08. The lowest BCUT2D eigenvalue weighted by Gasteiger charge is -2.42. The Morgan fingerprint density at radius 1 is 0.951 bits per heavy atom. The van der Waals surface area contributed by atoms with E-state index in [1.165, 1.54) is 42.6 Å². The molecule has 1 aliphatic heterocycles. The number of nitrogens with zero attached hydrogens (tertiary/aromatic N) is 3. The van der Waals surface area contributed by atoms with Gasteiger partial charge in [-0.15, -0.1) is 0 Å². The van der Waals surface area contributed by atoms with E-state index in [1.54, 1.807) is 4.90 Å². The summed E-state index contributed by atoms with van der Waals surface area (Å²) in [5.41, 5.74) is 3.22. The number of aromatic nitrogens is 1. The van der Waals surface area contributed by atoms with Crippen molar-refractivity contribution in [2.24, 2.45) is 0 Å². The highest BCUT2D eigenvalue weighted by Gasteiger charge is 2.42. The topological polar surface area (TPSA) is 72.0 Å². The summed E-state index contributed by atoms with van der Waals surface area (Å²) < 4.78 is 11.6. The van der Waals surface area contributed by atoms with E-state index in [0.717, 1.165) is 11.3 Å². The quantitative estimate of drug-likeness (QED) is 0.293. The number of rotatable bonds is 8. The van der Waals surface area contributed by atoms with Crippen LogP contribution in [0.25, 0.3) is 0 Å². The summed E-state index contributed by atoms with van der Waals surface area (Å²) in [4.78, 5) is 34.9. The Morgan fingerprint density at radius 3 is 2.39 bits per heavy atom. The monoisotopic (exact) mass is 555 g/mol. The fraction of sp³-hybridized carbons (Fsp3) is 0.441. The van der Waals surface area contributed by atoms with E-state index in [0.29, 0.717) is 43.5 Å².